The van der Waals surface area contributed by atoms with Gasteiger partial charge in [0.25, 0.3) is 0 Å². The summed E-state index contributed by atoms with van der Waals surface area (Å²) in [5, 5.41) is 11.5. The van der Waals surface area contributed by atoms with Crippen molar-refractivity contribution in [3.05, 3.63) is 0 Å². The number of carbonyl (C=O) groups excluding carboxylic acids is 2. The quantitative estimate of drug-likeness (QED) is 0.751. The molecule has 1 saturated heterocycles. The van der Waals surface area contributed by atoms with Crippen LogP contribution in [0.2, 0.25) is 0 Å². The third-order valence-corrected chi connectivity index (χ3v) is 4.80. The Morgan fingerprint density at radius 3 is 2.50 bits per heavy atom. The first-order valence-corrected chi connectivity index (χ1v) is 8.29. The van der Waals surface area contributed by atoms with Crippen molar-refractivity contribution in [1.82, 2.24) is 10.2 Å². The van der Waals surface area contributed by atoms with Crippen LogP contribution < -0.4 is 5.32 Å². The second kappa shape index (κ2) is 7.61. The number of aliphatic carboxylic acids is 1. The molecular weight excluding hydrogens is 284 g/mol. The summed E-state index contributed by atoms with van der Waals surface area (Å²) in [4.78, 5) is 37.0. The van der Waals surface area contributed by atoms with Crippen molar-refractivity contribution < 1.29 is 19.5 Å². The van der Waals surface area contributed by atoms with Crippen LogP contribution in [-0.2, 0) is 14.4 Å². The van der Waals surface area contributed by atoms with E-state index < -0.39 is 11.9 Å². The molecule has 0 radical (unpaired) electrons. The highest BCUT2D eigenvalue weighted by molar-refractivity contribution is 5.89. The second-order valence-electron chi connectivity index (χ2n) is 6.58. The summed E-state index contributed by atoms with van der Waals surface area (Å²) in [6.45, 7) is 2.15. The summed E-state index contributed by atoms with van der Waals surface area (Å²) in [7, 11) is 0. The Morgan fingerprint density at radius 1 is 1.27 bits per heavy atom. The first kappa shape index (κ1) is 16.8. The van der Waals surface area contributed by atoms with Crippen molar-refractivity contribution in [2.75, 3.05) is 13.1 Å². The van der Waals surface area contributed by atoms with E-state index in [0.29, 0.717) is 6.54 Å². The molecule has 1 aliphatic carbocycles. The van der Waals surface area contributed by atoms with Crippen molar-refractivity contribution in [2.45, 2.75) is 57.9 Å². The van der Waals surface area contributed by atoms with Crippen molar-refractivity contribution in [3.8, 4) is 0 Å². The number of hydrogen-bond acceptors (Lipinski definition) is 3. The number of carboxylic acid groups (broad SMARTS) is 1. The highest BCUT2D eigenvalue weighted by Crippen LogP contribution is 2.28. The lowest BCUT2D eigenvalue weighted by Crippen LogP contribution is -2.39. The topological polar surface area (TPSA) is 86.7 Å². The van der Waals surface area contributed by atoms with Crippen molar-refractivity contribution in [2.24, 2.45) is 11.8 Å². The molecule has 1 saturated carbocycles. The fourth-order valence-electron chi connectivity index (χ4n) is 3.31. The maximum atomic E-state index is 12.2. The summed E-state index contributed by atoms with van der Waals surface area (Å²) < 4.78 is 0. The van der Waals surface area contributed by atoms with Gasteiger partial charge in [0.05, 0.1) is 11.8 Å². The molecule has 1 heterocycles. The van der Waals surface area contributed by atoms with Gasteiger partial charge >= 0.3 is 5.97 Å². The van der Waals surface area contributed by atoms with Gasteiger partial charge < -0.3 is 15.3 Å². The number of nitrogens with one attached hydrogen (secondary N) is 1. The van der Waals surface area contributed by atoms with Gasteiger partial charge in [0, 0.05) is 25.6 Å². The van der Waals surface area contributed by atoms with Gasteiger partial charge in [-0.3, -0.25) is 14.4 Å². The van der Waals surface area contributed by atoms with Gasteiger partial charge in [-0.05, 0) is 12.8 Å². The zero-order valence-corrected chi connectivity index (χ0v) is 13.2. The van der Waals surface area contributed by atoms with Crippen LogP contribution in [0.25, 0.3) is 0 Å². The van der Waals surface area contributed by atoms with Gasteiger partial charge in [-0.15, -0.1) is 0 Å². The van der Waals surface area contributed by atoms with Gasteiger partial charge in [0.15, 0.2) is 0 Å². The van der Waals surface area contributed by atoms with E-state index in [1.54, 1.807) is 6.92 Å². The van der Waals surface area contributed by atoms with E-state index in [-0.39, 0.29) is 36.7 Å². The molecule has 2 fully saturated rings. The van der Waals surface area contributed by atoms with E-state index in [4.69, 9.17) is 5.11 Å². The molecule has 124 valence electrons. The number of carboxylic acids is 1. The molecule has 0 unspecified atom stereocenters. The van der Waals surface area contributed by atoms with Crippen LogP contribution in [0.1, 0.15) is 51.9 Å². The average molecular weight is 310 g/mol. The molecule has 0 aromatic carbocycles. The summed E-state index contributed by atoms with van der Waals surface area (Å²) in [6.07, 6.45) is 7.10. The Morgan fingerprint density at radius 2 is 1.91 bits per heavy atom. The van der Waals surface area contributed by atoms with E-state index >= 15 is 0 Å². The fourth-order valence-corrected chi connectivity index (χ4v) is 3.31. The lowest BCUT2D eigenvalue weighted by atomic mass is 10.1. The molecule has 0 bridgehead atoms. The maximum Gasteiger partial charge on any atom is 0.308 e. The summed E-state index contributed by atoms with van der Waals surface area (Å²) in [5.74, 6) is -2.01. The van der Waals surface area contributed by atoms with E-state index in [1.807, 2.05) is 4.90 Å². The highest BCUT2D eigenvalue weighted by Gasteiger charge is 2.37. The van der Waals surface area contributed by atoms with Gasteiger partial charge in [0.1, 0.15) is 0 Å². The average Bonchev–Trinajstić information content (AvgIpc) is 2.71. The predicted molar refractivity (Wildman–Crippen MR) is 81.1 cm³/mol. The van der Waals surface area contributed by atoms with Gasteiger partial charge in [-0.1, -0.05) is 32.6 Å². The number of amides is 2. The maximum absolute atomic E-state index is 12.2. The Hall–Kier alpha value is -1.59. The SMILES string of the molecule is C[C@@H](CNC(=O)[C@@H]1CC(=O)N(C2CCCCCC2)C1)C(=O)O. The molecule has 0 spiro atoms. The molecule has 2 atom stereocenters. The van der Waals surface area contributed by atoms with E-state index in [1.165, 1.54) is 12.8 Å². The zero-order valence-electron chi connectivity index (χ0n) is 13.2. The molecule has 2 rings (SSSR count). The highest BCUT2D eigenvalue weighted by atomic mass is 16.4. The Labute approximate surface area is 131 Å². The standard InChI is InChI=1S/C16H26N2O4/c1-11(16(21)22)9-17-15(20)12-8-14(19)18(10-12)13-6-4-2-3-5-7-13/h11-13H,2-10H2,1H3,(H,17,20)(H,21,22)/t11-,12+/m0/s1. The number of nitrogens with zero attached hydrogens (tertiary/aromatic N) is 1. The van der Waals surface area contributed by atoms with Crippen LogP contribution in [0.5, 0.6) is 0 Å². The Balaban J connectivity index is 1.85. The minimum absolute atomic E-state index is 0.0679. The minimum Gasteiger partial charge on any atom is -0.481 e. The zero-order chi connectivity index (χ0) is 16.1. The fraction of sp³-hybridized carbons (Fsp3) is 0.812. The van der Waals surface area contributed by atoms with Crippen molar-refractivity contribution >= 4 is 17.8 Å². The van der Waals surface area contributed by atoms with Crippen LogP contribution in [0.4, 0.5) is 0 Å². The summed E-state index contributed by atoms with van der Waals surface area (Å²) in [5.41, 5.74) is 0. The van der Waals surface area contributed by atoms with Crippen LogP contribution in [0.3, 0.4) is 0 Å². The molecule has 2 N–H and O–H groups in total. The number of hydrogen-bond donors (Lipinski definition) is 2. The molecule has 0 aromatic heterocycles. The van der Waals surface area contributed by atoms with Gasteiger partial charge in [-0.2, -0.15) is 0 Å². The summed E-state index contributed by atoms with van der Waals surface area (Å²) >= 11 is 0. The van der Waals surface area contributed by atoms with E-state index in [0.717, 1.165) is 25.7 Å². The van der Waals surface area contributed by atoms with Crippen LogP contribution in [0.15, 0.2) is 0 Å². The molecule has 2 amide bonds. The molecule has 6 nitrogen and oxygen atoms in total. The van der Waals surface area contributed by atoms with Crippen molar-refractivity contribution in [3.63, 3.8) is 0 Å². The molecule has 1 aliphatic heterocycles. The molecule has 6 heteroatoms. The van der Waals surface area contributed by atoms with Crippen LogP contribution in [-0.4, -0.2) is 46.9 Å². The Kier molecular flexibility index (Phi) is 5.80. The minimum atomic E-state index is -0.928. The lowest BCUT2D eigenvalue weighted by molar-refractivity contribution is -0.141. The summed E-state index contributed by atoms with van der Waals surface area (Å²) in [6, 6.07) is 0.283. The van der Waals surface area contributed by atoms with Crippen LogP contribution >= 0.6 is 0 Å². The van der Waals surface area contributed by atoms with Crippen LogP contribution in [0, 0.1) is 11.8 Å². The molecular formula is C16H26N2O4. The molecule has 0 aromatic rings. The lowest BCUT2D eigenvalue weighted by Gasteiger charge is -2.27. The van der Waals surface area contributed by atoms with Gasteiger partial charge in [0.2, 0.25) is 11.8 Å². The normalized spacial score (nSPS) is 24.9. The third kappa shape index (κ3) is 4.21. The predicted octanol–water partition coefficient (Wildman–Crippen LogP) is 1.39. The van der Waals surface area contributed by atoms with E-state index in [2.05, 4.69) is 5.32 Å². The number of rotatable bonds is 5. The van der Waals surface area contributed by atoms with Crippen molar-refractivity contribution in [1.29, 1.82) is 0 Å². The monoisotopic (exact) mass is 310 g/mol. The largest absolute Gasteiger partial charge is 0.481 e. The van der Waals surface area contributed by atoms with E-state index in [9.17, 15) is 14.4 Å². The first-order chi connectivity index (χ1) is 10.5. The first-order valence-electron chi connectivity index (χ1n) is 8.29. The number of likely N-dealkylation sites (tertiary alicyclic amines) is 1. The third-order valence-electron chi connectivity index (χ3n) is 4.80. The smallest absolute Gasteiger partial charge is 0.308 e. The second-order valence-corrected chi connectivity index (χ2v) is 6.58. The number of carbonyl (C=O) groups is 3. The molecule has 22 heavy (non-hydrogen) atoms. The van der Waals surface area contributed by atoms with Gasteiger partial charge in [-0.25, -0.2) is 0 Å². The molecule has 2 aliphatic rings. The Bertz CT molecular complexity index is 430.